The summed E-state index contributed by atoms with van der Waals surface area (Å²) in [7, 11) is 0. The minimum absolute atomic E-state index is 0.894. The van der Waals surface area contributed by atoms with Gasteiger partial charge in [0, 0.05) is 18.7 Å². The number of pyridine rings is 1. The fourth-order valence-corrected chi connectivity index (χ4v) is 3.85. The van der Waals surface area contributed by atoms with Crippen molar-refractivity contribution in [1.82, 2.24) is 15.2 Å². The zero-order valence-corrected chi connectivity index (χ0v) is 18.7. The molecule has 0 unspecified atom stereocenters. The summed E-state index contributed by atoms with van der Waals surface area (Å²) in [5, 5.41) is 3.48. The van der Waals surface area contributed by atoms with E-state index in [2.05, 4.69) is 84.8 Å². The van der Waals surface area contributed by atoms with Gasteiger partial charge >= 0.3 is 0 Å². The van der Waals surface area contributed by atoms with E-state index in [1.54, 1.807) is 0 Å². The molecule has 0 bridgehead atoms. The Bertz CT molecular complexity index is 814. The van der Waals surface area contributed by atoms with Gasteiger partial charge in [-0.15, -0.1) is 0 Å². The molecular weight excluding hydrogens is 366 g/mol. The molecule has 1 aromatic carbocycles. The number of hydrogen-bond donors (Lipinski definition) is 1. The van der Waals surface area contributed by atoms with E-state index >= 15 is 0 Å². The smallest absolute Gasteiger partial charge is 0.0712 e. The lowest BCUT2D eigenvalue weighted by molar-refractivity contribution is 0.377. The van der Waals surface area contributed by atoms with Crippen molar-refractivity contribution in [1.29, 1.82) is 0 Å². The average molecular weight is 404 g/mol. The zero-order chi connectivity index (χ0) is 21.0. The Morgan fingerprint density at radius 1 is 1.07 bits per heavy atom. The molecule has 0 spiro atoms. The van der Waals surface area contributed by atoms with Crippen molar-refractivity contribution in [3.8, 4) is 0 Å². The normalized spacial score (nSPS) is 15.3. The number of benzene rings is 1. The Kier molecular flexibility index (Phi) is 9.33. The van der Waals surface area contributed by atoms with E-state index in [0.29, 0.717) is 0 Å². The van der Waals surface area contributed by atoms with Crippen LogP contribution in [0.3, 0.4) is 0 Å². The van der Waals surface area contributed by atoms with E-state index in [0.717, 1.165) is 31.0 Å². The summed E-state index contributed by atoms with van der Waals surface area (Å²) in [6, 6.07) is 15.2. The lowest BCUT2D eigenvalue weighted by Crippen LogP contribution is -2.19. The first-order valence-corrected chi connectivity index (χ1v) is 11.6. The van der Waals surface area contributed by atoms with Gasteiger partial charge in [-0.2, -0.15) is 0 Å². The summed E-state index contributed by atoms with van der Waals surface area (Å²) >= 11 is 0. The first-order valence-electron chi connectivity index (χ1n) is 11.6. The van der Waals surface area contributed by atoms with Crippen LogP contribution < -0.4 is 5.32 Å². The maximum Gasteiger partial charge on any atom is 0.0712 e. The van der Waals surface area contributed by atoms with Crippen molar-refractivity contribution in [3.05, 3.63) is 77.1 Å². The van der Waals surface area contributed by atoms with E-state index < -0.39 is 0 Å². The van der Waals surface area contributed by atoms with Crippen LogP contribution in [0, 0.1) is 6.92 Å². The number of rotatable bonds is 11. The van der Waals surface area contributed by atoms with Gasteiger partial charge in [-0.05, 0) is 69.6 Å². The summed E-state index contributed by atoms with van der Waals surface area (Å²) < 4.78 is 0. The van der Waals surface area contributed by atoms with E-state index in [1.807, 2.05) is 0 Å². The fourth-order valence-electron chi connectivity index (χ4n) is 3.85. The molecule has 0 aliphatic carbocycles. The van der Waals surface area contributed by atoms with Gasteiger partial charge in [0.05, 0.1) is 11.4 Å². The predicted octanol–water partition coefficient (Wildman–Crippen LogP) is 5.71. The molecule has 1 aliphatic heterocycles. The number of hydrogen-bond acceptors (Lipinski definition) is 3. The summed E-state index contributed by atoms with van der Waals surface area (Å²) in [5.41, 5.74) is 5.83. The highest BCUT2D eigenvalue weighted by Crippen LogP contribution is 2.23. The van der Waals surface area contributed by atoms with Gasteiger partial charge < -0.3 is 5.32 Å². The second-order valence-corrected chi connectivity index (χ2v) is 8.25. The van der Waals surface area contributed by atoms with Gasteiger partial charge in [-0.3, -0.25) is 4.90 Å². The molecule has 1 aromatic heterocycles. The van der Waals surface area contributed by atoms with E-state index in [4.69, 9.17) is 4.98 Å². The molecule has 1 fully saturated rings. The molecule has 1 aliphatic rings. The molecule has 0 saturated carbocycles. The Labute approximate surface area is 182 Å². The highest BCUT2D eigenvalue weighted by Gasteiger charge is 2.12. The van der Waals surface area contributed by atoms with Crippen LogP contribution in [0.4, 0.5) is 0 Å². The lowest BCUT2D eigenvalue weighted by atomic mass is 10.00. The van der Waals surface area contributed by atoms with Crippen molar-refractivity contribution in [3.63, 3.8) is 0 Å². The molecule has 0 radical (unpaired) electrons. The monoisotopic (exact) mass is 403 g/mol. The molecule has 1 N–H and O–H groups in total. The highest BCUT2D eigenvalue weighted by molar-refractivity contribution is 5.78. The zero-order valence-electron chi connectivity index (χ0n) is 18.7. The molecule has 2 aromatic rings. The molecule has 3 nitrogen and oxygen atoms in total. The summed E-state index contributed by atoms with van der Waals surface area (Å²) in [5.74, 6) is 0. The van der Waals surface area contributed by atoms with Crippen molar-refractivity contribution in [2.45, 2.75) is 46.0 Å². The molecule has 3 rings (SSSR count). The minimum Gasteiger partial charge on any atom is -0.313 e. The van der Waals surface area contributed by atoms with Crippen LogP contribution in [0.2, 0.25) is 0 Å². The molecule has 30 heavy (non-hydrogen) atoms. The average Bonchev–Trinajstić information content (AvgIpc) is 3.28. The molecule has 0 atom stereocenters. The Hall–Kier alpha value is -2.23. The van der Waals surface area contributed by atoms with Gasteiger partial charge in [-0.1, -0.05) is 67.8 Å². The largest absolute Gasteiger partial charge is 0.313 e. The van der Waals surface area contributed by atoms with Crippen LogP contribution in [-0.2, 0) is 0 Å². The van der Waals surface area contributed by atoms with Crippen molar-refractivity contribution >= 4 is 11.6 Å². The van der Waals surface area contributed by atoms with Gasteiger partial charge in [-0.25, -0.2) is 4.98 Å². The van der Waals surface area contributed by atoms with Crippen LogP contribution >= 0.6 is 0 Å². The van der Waals surface area contributed by atoms with Crippen LogP contribution in [0.15, 0.2) is 54.6 Å². The summed E-state index contributed by atoms with van der Waals surface area (Å²) in [4.78, 5) is 7.49. The third kappa shape index (κ3) is 7.23. The van der Waals surface area contributed by atoms with E-state index in [-0.39, 0.29) is 0 Å². The second-order valence-electron chi connectivity index (χ2n) is 8.25. The first kappa shape index (κ1) is 22.5. The molecule has 3 heteroatoms. The SMILES string of the molecule is CCCCCNC/C=C/c1cccc(/C(=C/CN2CCCC2)c2ccc(C)cc2)n1. The minimum atomic E-state index is 0.894. The number of nitrogens with one attached hydrogen (secondary N) is 1. The molecular formula is C27H37N3. The van der Waals surface area contributed by atoms with Crippen LogP contribution in [0.25, 0.3) is 11.6 Å². The quantitative estimate of drug-likeness (QED) is 0.487. The fraction of sp³-hybridized carbons (Fsp3) is 0.444. The molecule has 160 valence electrons. The van der Waals surface area contributed by atoms with Gasteiger partial charge in [0.25, 0.3) is 0 Å². The second kappa shape index (κ2) is 12.5. The van der Waals surface area contributed by atoms with Crippen molar-refractivity contribution in [2.75, 3.05) is 32.7 Å². The van der Waals surface area contributed by atoms with Crippen LogP contribution in [0.5, 0.6) is 0 Å². The topological polar surface area (TPSA) is 28.2 Å². The Balaban J connectivity index is 1.72. The van der Waals surface area contributed by atoms with Crippen molar-refractivity contribution < 1.29 is 0 Å². The lowest BCUT2D eigenvalue weighted by Gasteiger charge is -2.14. The maximum atomic E-state index is 4.96. The van der Waals surface area contributed by atoms with Crippen molar-refractivity contribution in [2.24, 2.45) is 0 Å². The number of nitrogens with zero attached hydrogens (tertiary/aromatic N) is 2. The van der Waals surface area contributed by atoms with E-state index in [9.17, 15) is 0 Å². The summed E-state index contributed by atoms with van der Waals surface area (Å²) in [6.45, 7) is 9.76. The highest BCUT2D eigenvalue weighted by atomic mass is 15.1. The third-order valence-electron chi connectivity index (χ3n) is 5.67. The van der Waals surface area contributed by atoms with Gasteiger partial charge in [0.1, 0.15) is 0 Å². The maximum absolute atomic E-state index is 4.96. The molecule has 2 heterocycles. The molecule has 0 amide bonds. The third-order valence-corrected chi connectivity index (χ3v) is 5.67. The standard InChI is InChI=1S/C27H37N3/c1-3-4-5-18-28-19-9-11-25-10-8-12-27(29-25)26(17-22-30-20-6-7-21-30)24-15-13-23(2)14-16-24/h8-17,28H,3-7,18-22H2,1-2H3/b11-9+,26-17+. The Morgan fingerprint density at radius 2 is 1.87 bits per heavy atom. The summed E-state index contributed by atoms with van der Waals surface area (Å²) in [6.07, 6.45) is 13.1. The number of likely N-dealkylation sites (tertiary alicyclic amines) is 1. The number of aromatic nitrogens is 1. The van der Waals surface area contributed by atoms with Gasteiger partial charge in [0.15, 0.2) is 0 Å². The van der Waals surface area contributed by atoms with Crippen LogP contribution in [-0.4, -0.2) is 42.6 Å². The first-order chi connectivity index (χ1) is 14.8. The van der Waals surface area contributed by atoms with E-state index in [1.165, 1.54) is 61.9 Å². The van der Waals surface area contributed by atoms with Crippen LogP contribution in [0.1, 0.15) is 61.5 Å². The van der Waals surface area contributed by atoms with Gasteiger partial charge in [0.2, 0.25) is 0 Å². The number of aryl methyl sites for hydroxylation is 1. The molecule has 1 saturated heterocycles. The predicted molar refractivity (Wildman–Crippen MR) is 130 cm³/mol. The number of unbranched alkanes of at least 4 members (excludes halogenated alkanes) is 2. The Morgan fingerprint density at radius 3 is 2.63 bits per heavy atom.